The van der Waals surface area contributed by atoms with Gasteiger partial charge in [0.25, 0.3) is 0 Å². The highest BCUT2D eigenvalue weighted by atomic mass is 127. The quantitative estimate of drug-likeness (QED) is 0.756. The summed E-state index contributed by atoms with van der Waals surface area (Å²) in [4.78, 5) is 0. The highest BCUT2D eigenvalue weighted by Gasteiger charge is 2.08. The van der Waals surface area contributed by atoms with Gasteiger partial charge in [0.1, 0.15) is 0 Å². The van der Waals surface area contributed by atoms with Crippen molar-refractivity contribution in [1.82, 2.24) is 0 Å². The summed E-state index contributed by atoms with van der Waals surface area (Å²) in [7, 11) is 1.64. The number of hydrogen-bond donors (Lipinski definition) is 0. The molecule has 2 nitrogen and oxygen atoms in total. The molecule has 1 aromatic heterocycles. The average Bonchev–Trinajstić information content (AvgIpc) is 2.63. The van der Waals surface area contributed by atoms with E-state index in [1.807, 2.05) is 18.2 Å². The van der Waals surface area contributed by atoms with E-state index in [9.17, 15) is 0 Å². The van der Waals surface area contributed by atoms with Gasteiger partial charge in [0.15, 0.2) is 5.06 Å². The van der Waals surface area contributed by atoms with E-state index in [2.05, 4.69) is 28.7 Å². The molecule has 70 valence electrons. The molecule has 2 rings (SSSR count). The molecule has 0 saturated carbocycles. The maximum absolute atomic E-state index is 8.92. The summed E-state index contributed by atoms with van der Waals surface area (Å²) >= 11 is 3.84. The molecule has 0 atom stereocenters. The van der Waals surface area contributed by atoms with Crippen LogP contribution in [0.15, 0.2) is 18.2 Å². The Labute approximate surface area is 99.3 Å². The van der Waals surface area contributed by atoms with Crippen LogP contribution in [0, 0.1) is 14.9 Å². The molecule has 0 spiro atoms. The van der Waals surface area contributed by atoms with E-state index in [1.54, 1.807) is 18.4 Å². The lowest BCUT2D eigenvalue weighted by molar-refractivity contribution is 0.427. The lowest BCUT2D eigenvalue weighted by Gasteiger charge is -1.94. The predicted molar refractivity (Wildman–Crippen MR) is 65.8 cm³/mol. The lowest BCUT2D eigenvalue weighted by atomic mass is 10.1. The first-order valence-corrected chi connectivity index (χ1v) is 5.82. The summed E-state index contributed by atoms with van der Waals surface area (Å²) in [5.74, 6) is 0. The predicted octanol–water partition coefficient (Wildman–Crippen LogP) is 3.39. The SMILES string of the molecule is COc1cc2c(C#N)ccc(I)c2s1. The van der Waals surface area contributed by atoms with Gasteiger partial charge in [0.05, 0.1) is 23.4 Å². The van der Waals surface area contributed by atoms with Crippen LogP contribution in [0.2, 0.25) is 0 Å². The second kappa shape index (κ2) is 3.75. The van der Waals surface area contributed by atoms with E-state index in [0.29, 0.717) is 5.56 Å². The first-order chi connectivity index (χ1) is 6.76. The summed E-state index contributed by atoms with van der Waals surface area (Å²) in [6, 6.07) is 7.90. The van der Waals surface area contributed by atoms with Crippen LogP contribution in [0.4, 0.5) is 0 Å². The van der Waals surface area contributed by atoms with E-state index < -0.39 is 0 Å². The van der Waals surface area contributed by atoms with Crippen LogP contribution in [0.25, 0.3) is 10.1 Å². The Bertz CT molecular complexity index is 527. The van der Waals surface area contributed by atoms with Crippen molar-refractivity contribution >= 4 is 44.0 Å². The van der Waals surface area contributed by atoms with E-state index in [1.165, 1.54) is 0 Å². The van der Waals surface area contributed by atoms with Gasteiger partial charge in [-0.25, -0.2) is 0 Å². The monoisotopic (exact) mass is 315 g/mol. The fourth-order valence-corrected chi connectivity index (χ4v) is 2.97. The molecule has 0 radical (unpaired) electrons. The topological polar surface area (TPSA) is 33.0 Å². The summed E-state index contributed by atoms with van der Waals surface area (Å²) in [6.45, 7) is 0. The van der Waals surface area contributed by atoms with Crippen LogP contribution < -0.4 is 4.74 Å². The summed E-state index contributed by atoms with van der Waals surface area (Å²) in [5.41, 5.74) is 0.708. The number of ether oxygens (including phenoxy) is 1. The zero-order valence-corrected chi connectivity index (χ0v) is 10.3. The first-order valence-electron chi connectivity index (χ1n) is 3.92. The number of nitrogens with zero attached hydrogens (tertiary/aromatic N) is 1. The molecule has 0 saturated heterocycles. The Balaban J connectivity index is 2.83. The van der Waals surface area contributed by atoms with Crippen molar-refractivity contribution in [2.24, 2.45) is 0 Å². The van der Waals surface area contributed by atoms with Crippen molar-refractivity contribution in [2.45, 2.75) is 0 Å². The second-order valence-corrected chi connectivity index (χ2v) is 4.90. The van der Waals surface area contributed by atoms with E-state index >= 15 is 0 Å². The second-order valence-electron chi connectivity index (χ2n) is 2.72. The minimum Gasteiger partial charge on any atom is -0.487 e. The first kappa shape index (κ1) is 9.74. The molecule has 0 unspecified atom stereocenters. The molecule has 0 N–H and O–H groups in total. The van der Waals surface area contributed by atoms with Gasteiger partial charge in [-0.05, 0) is 34.7 Å². The molecule has 0 aliphatic heterocycles. The van der Waals surface area contributed by atoms with Gasteiger partial charge >= 0.3 is 0 Å². The maximum atomic E-state index is 8.92. The molecule has 0 aliphatic carbocycles. The third-order valence-corrected chi connectivity index (χ3v) is 4.33. The van der Waals surface area contributed by atoms with Crippen LogP contribution >= 0.6 is 33.9 Å². The summed E-state index contributed by atoms with van der Waals surface area (Å²) in [5, 5.41) is 10.8. The van der Waals surface area contributed by atoms with Crippen LogP contribution in [-0.2, 0) is 0 Å². The Hall–Kier alpha value is -0.800. The van der Waals surface area contributed by atoms with Gasteiger partial charge in [-0.2, -0.15) is 5.26 Å². The molecular formula is C10H6INOS. The van der Waals surface area contributed by atoms with E-state index in [-0.39, 0.29) is 0 Å². The molecule has 4 heteroatoms. The fraction of sp³-hybridized carbons (Fsp3) is 0.100. The van der Waals surface area contributed by atoms with Gasteiger partial charge in [-0.15, -0.1) is 0 Å². The normalized spacial score (nSPS) is 10.1. The molecule has 1 heterocycles. The zero-order valence-electron chi connectivity index (χ0n) is 7.37. The minimum absolute atomic E-state index is 0.708. The molecule has 2 aromatic rings. The Morgan fingerprint density at radius 2 is 2.29 bits per heavy atom. The fourth-order valence-electron chi connectivity index (χ4n) is 1.27. The number of methoxy groups -OCH3 is 1. The van der Waals surface area contributed by atoms with Gasteiger partial charge in [-0.1, -0.05) is 11.3 Å². The molecule has 14 heavy (non-hydrogen) atoms. The highest BCUT2D eigenvalue weighted by molar-refractivity contribution is 14.1. The molecule has 0 fully saturated rings. The molecule has 0 amide bonds. The molecule has 0 aliphatic rings. The maximum Gasteiger partial charge on any atom is 0.174 e. The summed E-state index contributed by atoms with van der Waals surface area (Å²) in [6.07, 6.45) is 0. The standard InChI is InChI=1S/C10H6INOS/c1-13-9-4-7-6(5-12)2-3-8(11)10(7)14-9/h2-4H,1H3. The number of thiophene rings is 1. The third kappa shape index (κ3) is 1.47. The minimum atomic E-state index is 0.708. The van der Waals surface area contributed by atoms with Crippen molar-refractivity contribution in [3.8, 4) is 11.1 Å². The van der Waals surface area contributed by atoms with Gasteiger partial charge in [0.2, 0.25) is 0 Å². The number of fused-ring (bicyclic) bond motifs is 1. The molecular weight excluding hydrogens is 309 g/mol. The van der Waals surface area contributed by atoms with Crippen LogP contribution in [-0.4, -0.2) is 7.11 Å². The molecule has 1 aromatic carbocycles. The van der Waals surface area contributed by atoms with Crippen molar-refractivity contribution in [2.75, 3.05) is 7.11 Å². The number of hydrogen-bond acceptors (Lipinski definition) is 3. The Kier molecular flexibility index (Phi) is 2.61. The number of benzene rings is 1. The highest BCUT2D eigenvalue weighted by Crippen LogP contribution is 2.36. The van der Waals surface area contributed by atoms with Crippen LogP contribution in [0.5, 0.6) is 5.06 Å². The van der Waals surface area contributed by atoms with Crippen molar-refractivity contribution < 1.29 is 4.74 Å². The average molecular weight is 315 g/mol. The Morgan fingerprint density at radius 3 is 2.93 bits per heavy atom. The molecule has 0 bridgehead atoms. The lowest BCUT2D eigenvalue weighted by Crippen LogP contribution is -1.77. The number of rotatable bonds is 1. The zero-order chi connectivity index (χ0) is 10.1. The third-order valence-electron chi connectivity index (χ3n) is 1.93. The van der Waals surface area contributed by atoms with Gasteiger partial charge < -0.3 is 4.74 Å². The van der Waals surface area contributed by atoms with Crippen LogP contribution in [0.3, 0.4) is 0 Å². The van der Waals surface area contributed by atoms with Gasteiger partial charge in [-0.3, -0.25) is 0 Å². The van der Waals surface area contributed by atoms with Gasteiger partial charge in [0, 0.05) is 15.0 Å². The number of halogens is 1. The van der Waals surface area contributed by atoms with Crippen molar-refractivity contribution in [3.63, 3.8) is 0 Å². The van der Waals surface area contributed by atoms with Crippen LogP contribution in [0.1, 0.15) is 5.56 Å². The Morgan fingerprint density at radius 1 is 1.50 bits per heavy atom. The summed E-state index contributed by atoms with van der Waals surface area (Å²) < 4.78 is 7.44. The van der Waals surface area contributed by atoms with Crippen molar-refractivity contribution in [3.05, 3.63) is 27.3 Å². The number of nitriles is 1. The largest absolute Gasteiger partial charge is 0.487 e. The van der Waals surface area contributed by atoms with E-state index in [0.717, 1.165) is 18.7 Å². The van der Waals surface area contributed by atoms with E-state index in [4.69, 9.17) is 10.00 Å². The van der Waals surface area contributed by atoms with Crippen molar-refractivity contribution in [1.29, 1.82) is 5.26 Å². The smallest absolute Gasteiger partial charge is 0.174 e.